The second-order valence-electron chi connectivity index (χ2n) is 7.27. The van der Waals surface area contributed by atoms with E-state index in [0.717, 1.165) is 32.7 Å². The lowest BCUT2D eigenvalue weighted by Gasteiger charge is -2.34. The highest BCUT2D eigenvalue weighted by Crippen LogP contribution is 2.30. The van der Waals surface area contributed by atoms with E-state index in [1.165, 1.54) is 5.56 Å². The Bertz CT molecular complexity index is 1030. The molecule has 0 radical (unpaired) electrons. The zero-order valence-corrected chi connectivity index (χ0v) is 16.9. The van der Waals surface area contributed by atoms with Gasteiger partial charge in [-0.15, -0.1) is 0 Å². The van der Waals surface area contributed by atoms with E-state index in [0.29, 0.717) is 34.8 Å². The van der Waals surface area contributed by atoms with Crippen LogP contribution in [0.5, 0.6) is 11.5 Å². The van der Waals surface area contributed by atoms with Crippen LogP contribution in [0.3, 0.4) is 0 Å². The highest BCUT2D eigenvalue weighted by atomic mass is 16.5. The summed E-state index contributed by atoms with van der Waals surface area (Å²) in [7, 11) is 3.13. The van der Waals surface area contributed by atoms with E-state index in [4.69, 9.17) is 9.47 Å². The van der Waals surface area contributed by atoms with Crippen LogP contribution in [0.1, 0.15) is 11.4 Å². The summed E-state index contributed by atoms with van der Waals surface area (Å²) in [5.41, 5.74) is 1.80. The Labute approximate surface area is 169 Å². The van der Waals surface area contributed by atoms with E-state index in [-0.39, 0.29) is 5.56 Å². The Kier molecular flexibility index (Phi) is 5.78. The summed E-state index contributed by atoms with van der Waals surface area (Å²) >= 11 is 0. The highest BCUT2D eigenvalue weighted by molar-refractivity contribution is 5.81. The number of methoxy groups -OCH3 is 2. The molecule has 0 aliphatic carbocycles. The average molecular weight is 394 g/mol. The van der Waals surface area contributed by atoms with Crippen LogP contribution in [-0.2, 0) is 13.1 Å². The smallest absolute Gasteiger partial charge is 0.258 e. The van der Waals surface area contributed by atoms with Gasteiger partial charge in [-0.25, -0.2) is 4.98 Å². The van der Waals surface area contributed by atoms with Crippen molar-refractivity contribution < 1.29 is 9.47 Å². The minimum atomic E-state index is -0.159. The molecule has 0 atom stereocenters. The van der Waals surface area contributed by atoms with Crippen molar-refractivity contribution in [2.24, 2.45) is 0 Å². The molecule has 1 fully saturated rings. The summed E-state index contributed by atoms with van der Waals surface area (Å²) in [5, 5.41) is 0.499. The third kappa shape index (κ3) is 4.41. The Balaban J connectivity index is 1.44. The minimum absolute atomic E-state index is 0.159. The average Bonchev–Trinajstić information content (AvgIpc) is 2.75. The number of benzene rings is 2. The van der Waals surface area contributed by atoms with E-state index in [9.17, 15) is 4.79 Å². The lowest BCUT2D eigenvalue weighted by atomic mass is 10.2. The van der Waals surface area contributed by atoms with Crippen molar-refractivity contribution >= 4 is 10.9 Å². The number of aromatic nitrogens is 2. The molecule has 0 bridgehead atoms. The second-order valence-corrected chi connectivity index (χ2v) is 7.27. The van der Waals surface area contributed by atoms with Crippen molar-refractivity contribution in [3.05, 3.63) is 64.2 Å². The first-order valence-corrected chi connectivity index (χ1v) is 9.80. The Morgan fingerprint density at radius 1 is 0.931 bits per heavy atom. The van der Waals surface area contributed by atoms with Crippen LogP contribution in [0.2, 0.25) is 0 Å². The molecule has 0 spiro atoms. The summed E-state index contributed by atoms with van der Waals surface area (Å²) in [6, 6.07) is 14.0. The van der Waals surface area contributed by atoms with Crippen LogP contribution in [-0.4, -0.2) is 60.2 Å². The van der Waals surface area contributed by atoms with Gasteiger partial charge in [-0.3, -0.25) is 14.6 Å². The van der Waals surface area contributed by atoms with Crippen molar-refractivity contribution in [2.75, 3.05) is 40.4 Å². The number of nitrogens with zero attached hydrogens (tertiary/aromatic N) is 3. The number of piperazine rings is 1. The predicted octanol–water partition coefficient (Wildman–Crippen LogP) is 2.26. The molecule has 0 saturated carbocycles. The van der Waals surface area contributed by atoms with Gasteiger partial charge in [0, 0.05) is 38.8 Å². The van der Waals surface area contributed by atoms with Gasteiger partial charge in [0.05, 0.1) is 31.7 Å². The maximum Gasteiger partial charge on any atom is 0.258 e. The van der Waals surface area contributed by atoms with Crippen molar-refractivity contribution in [2.45, 2.75) is 13.1 Å². The van der Waals surface area contributed by atoms with Crippen LogP contribution in [0, 0.1) is 0 Å². The molecule has 4 rings (SSSR count). The summed E-state index contributed by atoms with van der Waals surface area (Å²) in [5.74, 6) is 1.76. The van der Waals surface area contributed by atoms with Crippen LogP contribution < -0.4 is 15.0 Å². The quantitative estimate of drug-likeness (QED) is 0.692. The predicted molar refractivity (Wildman–Crippen MR) is 112 cm³/mol. The number of H-pyrrole nitrogens is 1. The van der Waals surface area contributed by atoms with Gasteiger partial charge in [-0.05, 0) is 11.6 Å². The topological polar surface area (TPSA) is 70.7 Å². The zero-order valence-electron chi connectivity index (χ0n) is 16.9. The molecule has 29 heavy (non-hydrogen) atoms. The van der Waals surface area contributed by atoms with Crippen LogP contribution >= 0.6 is 0 Å². The van der Waals surface area contributed by atoms with E-state index < -0.39 is 0 Å². The fraction of sp³-hybridized carbons (Fsp3) is 0.364. The van der Waals surface area contributed by atoms with Gasteiger partial charge >= 0.3 is 0 Å². The maximum absolute atomic E-state index is 12.5. The molecule has 7 nitrogen and oxygen atoms in total. The lowest BCUT2D eigenvalue weighted by Crippen LogP contribution is -2.45. The van der Waals surface area contributed by atoms with Crippen molar-refractivity contribution in [1.82, 2.24) is 19.8 Å². The molecule has 0 unspecified atom stereocenters. The molecule has 3 aromatic rings. The number of ether oxygens (including phenoxy) is 2. The molecule has 2 aromatic carbocycles. The molecular formula is C22H26N4O3. The summed E-state index contributed by atoms with van der Waals surface area (Å²) in [6.07, 6.45) is 0. The van der Waals surface area contributed by atoms with Gasteiger partial charge < -0.3 is 14.5 Å². The Morgan fingerprint density at radius 3 is 2.21 bits per heavy atom. The summed E-state index contributed by atoms with van der Waals surface area (Å²) in [4.78, 5) is 24.9. The molecule has 152 valence electrons. The highest BCUT2D eigenvalue weighted by Gasteiger charge is 2.18. The van der Waals surface area contributed by atoms with Gasteiger partial charge in [0.1, 0.15) is 5.82 Å². The van der Waals surface area contributed by atoms with E-state index in [1.807, 2.05) is 6.07 Å². The second kappa shape index (κ2) is 8.63. The maximum atomic E-state index is 12.5. The monoisotopic (exact) mass is 394 g/mol. The number of hydrogen-bond acceptors (Lipinski definition) is 6. The van der Waals surface area contributed by atoms with Gasteiger partial charge in [0.25, 0.3) is 5.56 Å². The van der Waals surface area contributed by atoms with E-state index in [2.05, 4.69) is 44.0 Å². The van der Waals surface area contributed by atoms with Gasteiger partial charge in [-0.1, -0.05) is 30.3 Å². The van der Waals surface area contributed by atoms with Gasteiger partial charge in [-0.2, -0.15) is 0 Å². The van der Waals surface area contributed by atoms with Gasteiger partial charge in [0.2, 0.25) is 0 Å². The number of aromatic amines is 1. The molecule has 1 aliphatic rings. The van der Waals surface area contributed by atoms with E-state index >= 15 is 0 Å². The fourth-order valence-electron chi connectivity index (χ4n) is 3.75. The SMILES string of the molecule is COc1cc2nc(CN3CCN(Cc4ccccc4)CC3)[nH]c(=O)c2cc1OC. The Morgan fingerprint density at radius 2 is 1.55 bits per heavy atom. The molecule has 2 heterocycles. The number of nitrogens with one attached hydrogen (secondary N) is 1. The fourth-order valence-corrected chi connectivity index (χ4v) is 3.75. The number of hydrogen-bond donors (Lipinski definition) is 1. The number of fused-ring (bicyclic) bond motifs is 1. The normalized spacial score (nSPS) is 15.5. The third-order valence-electron chi connectivity index (χ3n) is 5.35. The largest absolute Gasteiger partial charge is 0.493 e. The van der Waals surface area contributed by atoms with Crippen molar-refractivity contribution in [3.63, 3.8) is 0 Å². The molecule has 1 aliphatic heterocycles. The number of rotatable bonds is 6. The van der Waals surface area contributed by atoms with Crippen LogP contribution in [0.15, 0.2) is 47.3 Å². The van der Waals surface area contributed by atoms with Gasteiger partial charge in [0.15, 0.2) is 11.5 Å². The van der Waals surface area contributed by atoms with Crippen molar-refractivity contribution in [1.29, 1.82) is 0 Å². The molecule has 0 amide bonds. The lowest BCUT2D eigenvalue weighted by molar-refractivity contribution is 0.120. The molecule has 7 heteroatoms. The molecule has 1 saturated heterocycles. The minimum Gasteiger partial charge on any atom is -0.493 e. The molecular weight excluding hydrogens is 368 g/mol. The first-order valence-electron chi connectivity index (χ1n) is 9.80. The van der Waals surface area contributed by atoms with Crippen LogP contribution in [0.4, 0.5) is 0 Å². The molecule has 1 aromatic heterocycles. The van der Waals surface area contributed by atoms with Crippen LogP contribution in [0.25, 0.3) is 10.9 Å². The standard InChI is InChI=1S/C22H26N4O3/c1-28-19-12-17-18(13-20(19)29-2)23-21(24-22(17)27)15-26-10-8-25(9-11-26)14-16-6-4-3-5-7-16/h3-7,12-13H,8-11,14-15H2,1-2H3,(H,23,24,27). The first kappa shape index (κ1) is 19.4. The summed E-state index contributed by atoms with van der Waals surface area (Å²) < 4.78 is 10.6. The zero-order chi connectivity index (χ0) is 20.2. The first-order chi connectivity index (χ1) is 14.2. The Hall–Kier alpha value is -2.90. The van der Waals surface area contributed by atoms with Crippen molar-refractivity contribution in [3.8, 4) is 11.5 Å². The van der Waals surface area contributed by atoms with E-state index in [1.54, 1.807) is 26.4 Å². The molecule has 1 N–H and O–H groups in total. The summed E-state index contributed by atoms with van der Waals surface area (Å²) in [6.45, 7) is 5.48. The third-order valence-corrected chi connectivity index (χ3v) is 5.35.